The summed E-state index contributed by atoms with van der Waals surface area (Å²) in [6, 6.07) is 0. The Morgan fingerprint density at radius 3 is 0.942 bits per heavy atom. The van der Waals surface area contributed by atoms with Gasteiger partial charge in [0.25, 0.3) is 0 Å². The monoisotopic (exact) mass is 953 g/mol. The Morgan fingerprint density at radius 1 is 0.304 bits per heavy atom. The van der Waals surface area contributed by atoms with Gasteiger partial charge in [-0.05, 0) is 109 Å². The smallest absolute Gasteiger partial charge is 0.306 e. The highest BCUT2D eigenvalue weighted by Gasteiger charge is 2.19. The molecule has 0 aromatic carbocycles. The predicted molar refractivity (Wildman–Crippen MR) is 297 cm³/mol. The van der Waals surface area contributed by atoms with E-state index >= 15 is 0 Å². The molecule has 0 spiro atoms. The maximum Gasteiger partial charge on any atom is 0.306 e. The van der Waals surface area contributed by atoms with E-state index in [1.54, 1.807) is 0 Å². The van der Waals surface area contributed by atoms with Crippen molar-refractivity contribution in [1.82, 2.24) is 0 Å². The van der Waals surface area contributed by atoms with Crippen LogP contribution in [0.1, 0.15) is 226 Å². The number of hydrogen-bond donors (Lipinski definition) is 0. The summed E-state index contributed by atoms with van der Waals surface area (Å²) >= 11 is 0. The lowest BCUT2D eigenvalue weighted by Crippen LogP contribution is -2.30. The van der Waals surface area contributed by atoms with E-state index < -0.39 is 6.10 Å². The van der Waals surface area contributed by atoms with Gasteiger partial charge in [-0.15, -0.1) is 0 Å². The number of allylic oxidation sites excluding steroid dienone is 22. The molecule has 1 unspecified atom stereocenters. The van der Waals surface area contributed by atoms with E-state index in [1.165, 1.54) is 77.0 Å². The second-order valence-electron chi connectivity index (χ2n) is 17.7. The summed E-state index contributed by atoms with van der Waals surface area (Å²) in [6.45, 7) is 6.27. The molecule has 1 atom stereocenters. The highest BCUT2D eigenvalue weighted by Crippen LogP contribution is 2.13. The first-order valence-corrected chi connectivity index (χ1v) is 27.7. The van der Waals surface area contributed by atoms with Crippen LogP contribution in [0, 0.1) is 0 Å². The fourth-order valence-electron chi connectivity index (χ4n) is 7.06. The van der Waals surface area contributed by atoms with Crippen molar-refractivity contribution in [2.75, 3.05) is 13.2 Å². The SMILES string of the molecule is CC/C=C\C/C=C\C/C=C\C/C=C\C/C=C\C/C=C\CCC(=O)OCC(COC(=O)CC/C=C\C/C=C\CCCCCCCC)OC(=O)CCCCCCCCCCC/C=C\C/C=C\C/C=C\CC. The van der Waals surface area contributed by atoms with Crippen molar-refractivity contribution in [3.05, 3.63) is 134 Å². The molecular formula is C63H100O6. The normalized spacial score (nSPS) is 13.1. The van der Waals surface area contributed by atoms with E-state index in [9.17, 15) is 14.4 Å². The van der Waals surface area contributed by atoms with Gasteiger partial charge in [0.05, 0.1) is 0 Å². The fourth-order valence-corrected chi connectivity index (χ4v) is 7.06. The Balaban J connectivity index is 4.56. The van der Waals surface area contributed by atoms with Crippen molar-refractivity contribution < 1.29 is 28.6 Å². The molecule has 0 aliphatic heterocycles. The molecule has 0 N–H and O–H groups in total. The second kappa shape index (κ2) is 56.1. The zero-order valence-electron chi connectivity index (χ0n) is 44.3. The van der Waals surface area contributed by atoms with Crippen LogP contribution >= 0.6 is 0 Å². The lowest BCUT2D eigenvalue weighted by Gasteiger charge is -2.18. The van der Waals surface area contributed by atoms with Crippen molar-refractivity contribution in [2.24, 2.45) is 0 Å². The summed E-state index contributed by atoms with van der Waals surface area (Å²) in [4.78, 5) is 38.0. The number of esters is 3. The van der Waals surface area contributed by atoms with E-state index in [4.69, 9.17) is 14.2 Å². The lowest BCUT2D eigenvalue weighted by molar-refractivity contribution is -0.166. The van der Waals surface area contributed by atoms with Gasteiger partial charge in [0.15, 0.2) is 6.10 Å². The summed E-state index contributed by atoms with van der Waals surface area (Å²) in [5.74, 6) is -1.10. The van der Waals surface area contributed by atoms with Crippen molar-refractivity contribution in [1.29, 1.82) is 0 Å². The molecule has 0 heterocycles. The average Bonchev–Trinajstić information content (AvgIpc) is 3.35. The van der Waals surface area contributed by atoms with Crippen molar-refractivity contribution in [3.8, 4) is 0 Å². The third kappa shape index (κ3) is 54.4. The molecule has 0 radical (unpaired) electrons. The van der Waals surface area contributed by atoms with Crippen molar-refractivity contribution in [3.63, 3.8) is 0 Å². The summed E-state index contributed by atoms with van der Waals surface area (Å²) in [5, 5.41) is 0. The summed E-state index contributed by atoms with van der Waals surface area (Å²) in [7, 11) is 0. The molecule has 0 saturated heterocycles. The van der Waals surface area contributed by atoms with Gasteiger partial charge in [-0.3, -0.25) is 14.4 Å². The highest BCUT2D eigenvalue weighted by molar-refractivity contribution is 5.71. The van der Waals surface area contributed by atoms with Crippen LogP contribution in [0.15, 0.2) is 134 Å². The number of hydrogen-bond acceptors (Lipinski definition) is 6. The van der Waals surface area contributed by atoms with Gasteiger partial charge in [0, 0.05) is 19.3 Å². The third-order valence-electron chi connectivity index (χ3n) is 11.1. The van der Waals surface area contributed by atoms with Gasteiger partial charge in [0.2, 0.25) is 0 Å². The summed E-state index contributed by atoms with van der Waals surface area (Å²) in [6.07, 6.45) is 78.9. The Morgan fingerprint density at radius 2 is 0.594 bits per heavy atom. The van der Waals surface area contributed by atoms with Crippen LogP contribution in [0.4, 0.5) is 0 Å². The minimum absolute atomic E-state index is 0.138. The third-order valence-corrected chi connectivity index (χ3v) is 11.1. The maximum atomic E-state index is 12.8. The highest BCUT2D eigenvalue weighted by atomic mass is 16.6. The van der Waals surface area contributed by atoms with Gasteiger partial charge < -0.3 is 14.2 Å². The van der Waals surface area contributed by atoms with Crippen molar-refractivity contribution in [2.45, 2.75) is 232 Å². The van der Waals surface area contributed by atoms with E-state index in [0.717, 1.165) is 96.3 Å². The first-order valence-electron chi connectivity index (χ1n) is 27.7. The minimum Gasteiger partial charge on any atom is -0.462 e. The molecule has 0 aromatic heterocycles. The number of unbranched alkanes of at least 4 members (excludes halogenated alkanes) is 15. The molecule has 0 amide bonds. The van der Waals surface area contributed by atoms with Crippen LogP contribution in [0.25, 0.3) is 0 Å². The molecule has 6 heteroatoms. The molecule has 388 valence electrons. The van der Waals surface area contributed by atoms with Crippen molar-refractivity contribution >= 4 is 17.9 Å². The van der Waals surface area contributed by atoms with Crippen LogP contribution < -0.4 is 0 Å². The molecule has 0 aromatic rings. The van der Waals surface area contributed by atoms with E-state index in [1.807, 2.05) is 18.2 Å². The molecule has 0 bridgehead atoms. The Labute approximate surface area is 424 Å². The Bertz CT molecular complexity index is 1510. The minimum atomic E-state index is -0.839. The molecule has 0 rings (SSSR count). The van der Waals surface area contributed by atoms with Crippen LogP contribution in [-0.2, 0) is 28.6 Å². The quantitative estimate of drug-likeness (QED) is 0.0262. The van der Waals surface area contributed by atoms with Gasteiger partial charge >= 0.3 is 17.9 Å². The van der Waals surface area contributed by atoms with Crippen LogP contribution in [0.3, 0.4) is 0 Å². The zero-order chi connectivity index (χ0) is 50.0. The number of rotatable bonds is 48. The van der Waals surface area contributed by atoms with Crippen LogP contribution in [0.5, 0.6) is 0 Å². The lowest BCUT2D eigenvalue weighted by atomic mass is 10.1. The Kier molecular flexibility index (Phi) is 52.5. The molecule has 0 aliphatic carbocycles. The topological polar surface area (TPSA) is 78.9 Å². The van der Waals surface area contributed by atoms with Gasteiger partial charge in [0.1, 0.15) is 13.2 Å². The molecule has 0 saturated carbocycles. The zero-order valence-corrected chi connectivity index (χ0v) is 44.3. The maximum absolute atomic E-state index is 12.8. The average molecular weight is 953 g/mol. The first kappa shape index (κ1) is 64.5. The fraction of sp³-hybridized carbons (Fsp3) is 0.603. The number of ether oxygens (including phenoxy) is 3. The molecular weight excluding hydrogens is 853 g/mol. The Hall–Kier alpha value is -4.45. The van der Waals surface area contributed by atoms with E-state index in [2.05, 4.69) is 136 Å². The van der Waals surface area contributed by atoms with E-state index in [-0.39, 0.29) is 44.0 Å². The molecule has 69 heavy (non-hydrogen) atoms. The summed E-state index contributed by atoms with van der Waals surface area (Å²) in [5.41, 5.74) is 0. The molecule has 0 aliphatic rings. The first-order chi connectivity index (χ1) is 34.0. The second-order valence-corrected chi connectivity index (χ2v) is 17.7. The van der Waals surface area contributed by atoms with Crippen LogP contribution in [0.2, 0.25) is 0 Å². The summed E-state index contributed by atoms with van der Waals surface area (Å²) < 4.78 is 16.7. The van der Waals surface area contributed by atoms with Gasteiger partial charge in [-0.2, -0.15) is 0 Å². The van der Waals surface area contributed by atoms with Gasteiger partial charge in [-0.1, -0.05) is 231 Å². The molecule has 0 fully saturated rings. The van der Waals surface area contributed by atoms with Gasteiger partial charge in [-0.25, -0.2) is 0 Å². The van der Waals surface area contributed by atoms with E-state index in [0.29, 0.717) is 19.3 Å². The molecule has 6 nitrogen and oxygen atoms in total. The predicted octanol–water partition coefficient (Wildman–Crippen LogP) is 18.6. The standard InChI is InChI=1S/C63H100O6/c1-4-7-10-13-16-19-22-25-27-29-31-33-35-38-41-44-47-50-53-56-62(65)68-59-60(58-67-61(64)55-52-49-46-43-40-37-24-21-18-15-12-9-6-3)69-63(66)57-54-51-48-45-42-39-36-34-32-30-28-26-23-20-17-14-11-8-5-2/h7-8,10-11,16-17,19-20,25-28,31,33,37-38,40-41,46-47,49-50,60H,4-6,9,12-15,18,21-24,29-30,32,34-36,39,42-45,48,51-59H2,1-3H3/b10-7-,11-8-,19-16-,20-17-,27-25-,28-26-,33-31-,40-37-,41-38-,49-46-,50-47-. The van der Waals surface area contributed by atoms with Crippen LogP contribution in [-0.4, -0.2) is 37.2 Å². The number of carbonyl (C=O) groups excluding carboxylic acids is 3. The largest absolute Gasteiger partial charge is 0.462 e. The number of carbonyl (C=O) groups is 3.